The molecule has 0 bridgehead atoms. The largest absolute Gasteiger partial charge is 0.318 e. The third kappa shape index (κ3) is 3.33. The lowest BCUT2D eigenvalue weighted by Crippen LogP contribution is -2.44. The molecule has 0 aliphatic carbocycles. The maximum Gasteiger partial charge on any atom is 0.0765 e. The van der Waals surface area contributed by atoms with Crippen molar-refractivity contribution in [3.8, 4) is 0 Å². The van der Waals surface area contributed by atoms with Crippen molar-refractivity contribution in [1.29, 1.82) is 0 Å². The lowest BCUT2D eigenvalue weighted by atomic mass is 10.0. The molecule has 2 rings (SSSR count). The standard InChI is InChI=1S/C14H26N4/c1-12(2)18-9-7-13(16-18)11-17-8-5-4-6-14(17)10-15-3/h7,9,12,14-15H,4-6,8,10-11H2,1-3H3. The Bertz CT molecular complexity index is 356. The highest BCUT2D eigenvalue weighted by atomic mass is 15.3. The van der Waals surface area contributed by atoms with Crippen molar-refractivity contribution in [3.63, 3.8) is 0 Å². The minimum Gasteiger partial charge on any atom is -0.318 e. The van der Waals surface area contributed by atoms with Gasteiger partial charge in [0.15, 0.2) is 0 Å². The van der Waals surface area contributed by atoms with Gasteiger partial charge in [0, 0.05) is 31.4 Å². The molecule has 4 heteroatoms. The van der Waals surface area contributed by atoms with E-state index in [1.165, 1.54) is 31.5 Å². The van der Waals surface area contributed by atoms with E-state index in [2.05, 4.69) is 41.4 Å². The van der Waals surface area contributed by atoms with Gasteiger partial charge in [-0.2, -0.15) is 5.10 Å². The molecule has 0 aromatic carbocycles. The Balaban J connectivity index is 1.97. The summed E-state index contributed by atoms with van der Waals surface area (Å²) < 4.78 is 2.05. The number of likely N-dealkylation sites (N-methyl/N-ethyl adjacent to an activating group) is 1. The summed E-state index contributed by atoms with van der Waals surface area (Å²) in [5.41, 5.74) is 1.20. The topological polar surface area (TPSA) is 33.1 Å². The van der Waals surface area contributed by atoms with Crippen LogP contribution in [-0.4, -0.2) is 40.9 Å². The van der Waals surface area contributed by atoms with Gasteiger partial charge in [0.2, 0.25) is 0 Å². The minimum absolute atomic E-state index is 0.452. The van der Waals surface area contributed by atoms with E-state index in [0.717, 1.165) is 13.1 Å². The molecule has 0 spiro atoms. The first-order valence-corrected chi connectivity index (χ1v) is 7.13. The molecule has 1 N–H and O–H groups in total. The first-order valence-electron chi connectivity index (χ1n) is 7.13. The maximum absolute atomic E-state index is 4.65. The normalized spacial score (nSPS) is 21.7. The van der Waals surface area contributed by atoms with Crippen molar-refractivity contribution in [3.05, 3.63) is 18.0 Å². The van der Waals surface area contributed by atoms with Gasteiger partial charge in [0.25, 0.3) is 0 Å². The average Bonchev–Trinajstić information content (AvgIpc) is 2.81. The van der Waals surface area contributed by atoms with Gasteiger partial charge in [0.1, 0.15) is 0 Å². The van der Waals surface area contributed by atoms with E-state index in [1.807, 2.05) is 11.7 Å². The third-order valence-electron chi connectivity index (χ3n) is 3.75. The fraction of sp³-hybridized carbons (Fsp3) is 0.786. The van der Waals surface area contributed by atoms with Gasteiger partial charge in [-0.1, -0.05) is 6.42 Å². The quantitative estimate of drug-likeness (QED) is 0.868. The molecule has 1 fully saturated rings. The van der Waals surface area contributed by atoms with Crippen molar-refractivity contribution < 1.29 is 0 Å². The molecule has 1 aliphatic rings. The van der Waals surface area contributed by atoms with Crippen LogP contribution in [0.5, 0.6) is 0 Å². The molecular formula is C14H26N4. The zero-order chi connectivity index (χ0) is 13.0. The summed E-state index contributed by atoms with van der Waals surface area (Å²) in [6, 6.07) is 3.28. The molecule has 1 aromatic heterocycles. The van der Waals surface area contributed by atoms with E-state index in [9.17, 15) is 0 Å². The van der Waals surface area contributed by atoms with Crippen LogP contribution < -0.4 is 5.32 Å². The van der Waals surface area contributed by atoms with Gasteiger partial charge in [0.05, 0.1) is 5.69 Å². The van der Waals surface area contributed by atoms with E-state index < -0.39 is 0 Å². The summed E-state index contributed by atoms with van der Waals surface area (Å²) in [5, 5.41) is 7.96. The summed E-state index contributed by atoms with van der Waals surface area (Å²) in [4.78, 5) is 2.58. The molecule has 1 saturated heterocycles. The second-order valence-electron chi connectivity index (χ2n) is 5.56. The highest BCUT2D eigenvalue weighted by molar-refractivity contribution is 5.00. The lowest BCUT2D eigenvalue weighted by molar-refractivity contribution is 0.137. The van der Waals surface area contributed by atoms with Gasteiger partial charge in [-0.05, 0) is 46.3 Å². The van der Waals surface area contributed by atoms with E-state index in [-0.39, 0.29) is 0 Å². The lowest BCUT2D eigenvalue weighted by Gasteiger charge is -2.35. The van der Waals surface area contributed by atoms with Crippen LogP contribution in [0.2, 0.25) is 0 Å². The van der Waals surface area contributed by atoms with Crippen LogP contribution in [0, 0.1) is 0 Å². The molecule has 0 saturated carbocycles. The number of likely N-dealkylation sites (tertiary alicyclic amines) is 1. The third-order valence-corrected chi connectivity index (χ3v) is 3.75. The summed E-state index contributed by atoms with van der Waals surface area (Å²) in [6.45, 7) is 7.63. The molecule has 1 aromatic rings. The molecule has 0 amide bonds. The maximum atomic E-state index is 4.65. The van der Waals surface area contributed by atoms with Crippen LogP contribution in [-0.2, 0) is 6.54 Å². The Morgan fingerprint density at radius 3 is 2.94 bits per heavy atom. The van der Waals surface area contributed by atoms with Gasteiger partial charge in [-0.15, -0.1) is 0 Å². The van der Waals surface area contributed by atoms with Crippen LogP contribution in [0.1, 0.15) is 44.8 Å². The highest BCUT2D eigenvalue weighted by Gasteiger charge is 2.22. The van der Waals surface area contributed by atoms with Gasteiger partial charge < -0.3 is 5.32 Å². The number of nitrogens with zero attached hydrogens (tertiary/aromatic N) is 3. The Kier molecular flexibility index (Phi) is 4.78. The number of piperidine rings is 1. The van der Waals surface area contributed by atoms with Crippen LogP contribution in [0.3, 0.4) is 0 Å². The number of hydrogen-bond donors (Lipinski definition) is 1. The van der Waals surface area contributed by atoms with Gasteiger partial charge >= 0.3 is 0 Å². The van der Waals surface area contributed by atoms with Gasteiger partial charge in [-0.25, -0.2) is 0 Å². The van der Waals surface area contributed by atoms with Crippen LogP contribution in [0.25, 0.3) is 0 Å². The Labute approximate surface area is 110 Å². The molecular weight excluding hydrogens is 224 g/mol. The molecule has 18 heavy (non-hydrogen) atoms. The smallest absolute Gasteiger partial charge is 0.0765 e. The Morgan fingerprint density at radius 2 is 2.28 bits per heavy atom. The molecule has 1 aliphatic heterocycles. The first kappa shape index (κ1) is 13.6. The highest BCUT2D eigenvalue weighted by Crippen LogP contribution is 2.19. The second-order valence-corrected chi connectivity index (χ2v) is 5.56. The first-order chi connectivity index (χ1) is 8.70. The summed E-state index contributed by atoms with van der Waals surface area (Å²) in [5.74, 6) is 0. The van der Waals surface area contributed by atoms with Gasteiger partial charge in [-0.3, -0.25) is 9.58 Å². The Morgan fingerprint density at radius 1 is 1.44 bits per heavy atom. The van der Waals surface area contributed by atoms with E-state index >= 15 is 0 Å². The average molecular weight is 250 g/mol. The number of rotatable bonds is 5. The monoisotopic (exact) mass is 250 g/mol. The molecule has 1 unspecified atom stereocenters. The van der Waals surface area contributed by atoms with Crippen molar-refractivity contribution in [2.45, 2.75) is 51.7 Å². The van der Waals surface area contributed by atoms with E-state index in [4.69, 9.17) is 0 Å². The fourth-order valence-corrected chi connectivity index (χ4v) is 2.69. The summed E-state index contributed by atoms with van der Waals surface area (Å²) in [6.07, 6.45) is 6.09. The fourth-order valence-electron chi connectivity index (χ4n) is 2.69. The predicted octanol–water partition coefficient (Wildman–Crippen LogP) is 2.04. The summed E-state index contributed by atoms with van der Waals surface area (Å²) in [7, 11) is 2.04. The van der Waals surface area contributed by atoms with Crippen LogP contribution in [0.15, 0.2) is 12.3 Å². The molecule has 1 atom stereocenters. The molecule has 2 heterocycles. The van der Waals surface area contributed by atoms with Crippen LogP contribution >= 0.6 is 0 Å². The molecule has 0 radical (unpaired) electrons. The minimum atomic E-state index is 0.452. The van der Waals surface area contributed by atoms with E-state index in [1.54, 1.807) is 0 Å². The summed E-state index contributed by atoms with van der Waals surface area (Å²) >= 11 is 0. The SMILES string of the molecule is CNCC1CCCCN1Cc1ccn(C(C)C)n1. The number of hydrogen-bond acceptors (Lipinski definition) is 3. The number of nitrogens with one attached hydrogen (secondary N) is 1. The van der Waals surface area contributed by atoms with Crippen molar-refractivity contribution in [1.82, 2.24) is 20.0 Å². The van der Waals surface area contributed by atoms with E-state index in [0.29, 0.717) is 12.1 Å². The van der Waals surface area contributed by atoms with Crippen molar-refractivity contribution >= 4 is 0 Å². The second kappa shape index (κ2) is 6.34. The zero-order valence-corrected chi connectivity index (χ0v) is 11.9. The molecule has 102 valence electrons. The zero-order valence-electron chi connectivity index (χ0n) is 11.9. The van der Waals surface area contributed by atoms with Crippen molar-refractivity contribution in [2.24, 2.45) is 0 Å². The van der Waals surface area contributed by atoms with Crippen LogP contribution in [0.4, 0.5) is 0 Å². The van der Waals surface area contributed by atoms with Crippen molar-refractivity contribution in [2.75, 3.05) is 20.1 Å². The number of aromatic nitrogens is 2. The predicted molar refractivity (Wildman–Crippen MR) is 74.6 cm³/mol. The molecule has 4 nitrogen and oxygen atoms in total. The Hall–Kier alpha value is -0.870.